The first-order valence-corrected chi connectivity index (χ1v) is 13.5. The van der Waals surface area contributed by atoms with Crippen LogP contribution in [-0.4, -0.2) is 36.9 Å². The van der Waals surface area contributed by atoms with Gasteiger partial charge in [0.25, 0.3) is 7.44 Å². The van der Waals surface area contributed by atoms with Crippen molar-refractivity contribution in [3.05, 3.63) is 96.6 Å². The molecule has 2 saturated heterocycles. The Balaban J connectivity index is 1.62. The highest BCUT2D eigenvalue weighted by molar-refractivity contribution is 7.68. The third kappa shape index (κ3) is 4.10. The molecule has 2 fully saturated rings. The summed E-state index contributed by atoms with van der Waals surface area (Å²) in [5, 5.41) is 0. The predicted molar refractivity (Wildman–Crippen MR) is 135 cm³/mol. The van der Waals surface area contributed by atoms with Crippen LogP contribution in [0.25, 0.3) is 0 Å². The molecule has 1 atom stereocenters. The molecule has 5 rings (SSSR count). The van der Waals surface area contributed by atoms with Crippen LogP contribution in [0.5, 0.6) is 0 Å². The van der Waals surface area contributed by atoms with Gasteiger partial charge < -0.3 is 9.34 Å². The molecule has 5 heteroatoms. The average molecular weight is 446 g/mol. The van der Waals surface area contributed by atoms with Gasteiger partial charge in [0.15, 0.2) is 0 Å². The maximum Gasteiger partial charge on any atom is 0.280 e. The van der Waals surface area contributed by atoms with E-state index < -0.39 is 7.44 Å². The molecule has 0 aliphatic carbocycles. The van der Waals surface area contributed by atoms with Crippen LogP contribution in [0, 0.1) is 0 Å². The second-order valence-electron chi connectivity index (χ2n) is 8.77. The largest absolute Gasteiger partial charge is 0.304 e. The minimum atomic E-state index is -2.99. The number of hydrogen-bond acceptors (Lipinski definition) is 2. The second-order valence-corrected chi connectivity index (χ2v) is 11.5. The van der Waals surface area contributed by atoms with Crippen molar-refractivity contribution >= 4 is 18.8 Å². The van der Waals surface area contributed by atoms with Crippen LogP contribution >= 0.6 is 7.44 Å². The summed E-state index contributed by atoms with van der Waals surface area (Å²) in [5.41, 5.74) is 3.37. The zero-order chi connectivity index (χ0) is 21.8. The molecular weight excluding hydrogens is 413 g/mol. The van der Waals surface area contributed by atoms with E-state index >= 15 is 4.57 Å². The Morgan fingerprint density at radius 1 is 0.625 bits per heavy atom. The molecule has 2 aliphatic rings. The van der Waals surface area contributed by atoms with Gasteiger partial charge in [0.2, 0.25) is 0 Å². The van der Waals surface area contributed by atoms with Crippen LogP contribution in [0.2, 0.25) is 0 Å². The zero-order valence-electron chi connectivity index (χ0n) is 18.6. The van der Waals surface area contributed by atoms with Crippen molar-refractivity contribution in [2.24, 2.45) is 0 Å². The van der Waals surface area contributed by atoms with Crippen LogP contribution in [0.1, 0.15) is 24.8 Å². The summed E-state index contributed by atoms with van der Waals surface area (Å²) in [4.78, 5) is 2.52. The lowest BCUT2D eigenvalue weighted by atomic mass is 10.1. The second kappa shape index (κ2) is 9.52. The van der Waals surface area contributed by atoms with Gasteiger partial charge in [0.1, 0.15) is 5.78 Å². The predicted octanol–water partition coefficient (Wildman–Crippen LogP) is 6.26. The van der Waals surface area contributed by atoms with Crippen molar-refractivity contribution in [3.63, 3.8) is 0 Å². The van der Waals surface area contributed by atoms with Crippen LogP contribution in [0.3, 0.4) is 0 Å². The summed E-state index contributed by atoms with van der Waals surface area (Å²) in [6.07, 6.45) is 4.43. The van der Waals surface area contributed by atoms with Gasteiger partial charge in [-0.3, -0.25) is 9.46 Å². The average Bonchev–Trinajstić information content (AvgIpc) is 3.22. The summed E-state index contributed by atoms with van der Waals surface area (Å²) in [7, 11) is -2.99. The maximum atomic E-state index is 15.5. The van der Waals surface area contributed by atoms with Crippen molar-refractivity contribution in [1.82, 2.24) is 4.90 Å². The van der Waals surface area contributed by atoms with E-state index in [1.807, 2.05) is 12.1 Å². The van der Waals surface area contributed by atoms with Gasteiger partial charge in [0, 0.05) is 24.5 Å². The lowest BCUT2D eigenvalue weighted by Gasteiger charge is -2.44. The Hall–Kier alpha value is -2.55. The molecule has 2 aliphatic heterocycles. The lowest BCUT2D eigenvalue weighted by Crippen LogP contribution is -2.45. The van der Waals surface area contributed by atoms with E-state index in [-0.39, 0.29) is 5.78 Å². The normalized spacial score (nSPS) is 19.8. The molecule has 2 heterocycles. The van der Waals surface area contributed by atoms with Crippen molar-refractivity contribution < 1.29 is 4.57 Å². The molecule has 1 unspecified atom stereocenters. The van der Waals surface area contributed by atoms with E-state index in [4.69, 9.17) is 0 Å². The van der Waals surface area contributed by atoms with E-state index in [2.05, 4.69) is 93.1 Å². The highest BCUT2D eigenvalue weighted by atomic mass is 31.2. The highest BCUT2D eigenvalue weighted by Gasteiger charge is 2.51. The van der Waals surface area contributed by atoms with Gasteiger partial charge in [-0.05, 0) is 62.2 Å². The molecular formula is C27H32N3OP. The standard InChI is InChI=1S/C27H32N3OP/c31-32(27(28-19-11-4-12-20-28)23-24-13-5-1-6-14-24)29(25-15-7-2-8-16-25)21-22-30(32)26-17-9-3-10-18-26/h1-3,5-10,13-18,27H,4,11-12,19-23H2. The van der Waals surface area contributed by atoms with Crippen molar-refractivity contribution in [2.75, 3.05) is 35.5 Å². The van der Waals surface area contributed by atoms with Crippen LogP contribution in [0.15, 0.2) is 91.0 Å². The number of hydrogen-bond donors (Lipinski definition) is 0. The minimum absolute atomic E-state index is 0.0480. The zero-order valence-corrected chi connectivity index (χ0v) is 19.5. The molecule has 0 N–H and O–H groups in total. The van der Waals surface area contributed by atoms with Crippen LogP contribution in [-0.2, 0) is 11.0 Å². The number of piperidine rings is 1. The molecule has 0 aromatic heterocycles. The highest BCUT2D eigenvalue weighted by Crippen LogP contribution is 2.64. The first-order chi connectivity index (χ1) is 15.8. The third-order valence-corrected chi connectivity index (χ3v) is 10.3. The van der Waals surface area contributed by atoms with Gasteiger partial charge >= 0.3 is 0 Å². The topological polar surface area (TPSA) is 26.8 Å². The number of anilines is 2. The van der Waals surface area contributed by atoms with Crippen molar-refractivity contribution in [1.29, 1.82) is 0 Å². The molecule has 0 radical (unpaired) electrons. The fourth-order valence-electron chi connectivity index (χ4n) is 5.22. The number of para-hydroxylation sites is 2. The Kier molecular flexibility index (Phi) is 6.34. The fraction of sp³-hybridized carbons (Fsp3) is 0.333. The van der Waals surface area contributed by atoms with Gasteiger partial charge in [-0.1, -0.05) is 73.2 Å². The summed E-state index contributed by atoms with van der Waals surface area (Å²) < 4.78 is 19.9. The van der Waals surface area contributed by atoms with Gasteiger partial charge in [-0.25, -0.2) is 0 Å². The van der Waals surface area contributed by atoms with E-state index in [9.17, 15) is 0 Å². The van der Waals surface area contributed by atoms with Crippen molar-refractivity contribution in [2.45, 2.75) is 31.5 Å². The Bertz CT molecular complexity index is 987. The third-order valence-electron chi connectivity index (χ3n) is 6.79. The fourth-order valence-corrected chi connectivity index (χ4v) is 8.91. The minimum Gasteiger partial charge on any atom is -0.304 e. The summed E-state index contributed by atoms with van der Waals surface area (Å²) in [6, 6.07) is 31.3. The Morgan fingerprint density at radius 3 is 1.59 bits per heavy atom. The van der Waals surface area contributed by atoms with Crippen LogP contribution < -0.4 is 9.34 Å². The number of nitrogens with zero attached hydrogens (tertiary/aromatic N) is 3. The Morgan fingerprint density at radius 2 is 1.09 bits per heavy atom. The van der Waals surface area contributed by atoms with Gasteiger partial charge in [0.05, 0.1) is 0 Å². The van der Waals surface area contributed by atoms with E-state index in [1.165, 1.54) is 24.8 Å². The molecule has 3 aromatic carbocycles. The molecule has 0 saturated carbocycles. The number of likely N-dealkylation sites (tertiary alicyclic amines) is 1. The molecule has 4 nitrogen and oxygen atoms in total. The summed E-state index contributed by atoms with van der Waals surface area (Å²) in [5.74, 6) is -0.0480. The van der Waals surface area contributed by atoms with Crippen LogP contribution in [0.4, 0.5) is 11.4 Å². The molecule has 32 heavy (non-hydrogen) atoms. The van der Waals surface area contributed by atoms with Gasteiger partial charge in [-0.2, -0.15) is 0 Å². The molecule has 3 aromatic rings. The van der Waals surface area contributed by atoms with E-state index in [1.54, 1.807) is 0 Å². The summed E-state index contributed by atoms with van der Waals surface area (Å²) in [6.45, 7) is 3.59. The SMILES string of the molecule is O=P1(C(Cc2ccccc2)N2CCCCC2)N(c2ccccc2)CCN1c1ccccc1. The molecule has 166 valence electrons. The van der Waals surface area contributed by atoms with Gasteiger partial charge in [-0.15, -0.1) is 0 Å². The molecule has 0 bridgehead atoms. The van der Waals surface area contributed by atoms with Crippen molar-refractivity contribution in [3.8, 4) is 0 Å². The van der Waals surface area contributed by atoms with E-state index in [0.717, 1.165) is 44.0 Å². The maximum absolute atomic E-state index is 15.5. The monoisotopic (exact) mass is 445 g/mol. The number of rotatable bonds is 6. The first kappa shape index (κ1) is 21.3. The van der Waals surface area contributed by atoms with E-state index in [0.29, 0.717) is 0 Å². The Labute approximate surface area is 191 Å². The number of benzene rings is 3. The smallest absolute Gasteiger partial charge is 0.280 e. The first-order valence-electron chi connectivity index (χ1n) is 11.8. The molecule has 0 amide bonds. The quantitative estimate of drug-likeness (QED) is 0.419. The summed E-state index contributed by atoms with van der Waals surface area (Å²) >= 11 is 0. The molecule has 0 spiro atoms. The lowest BCUT2D eigenvalue weighted by molar-refractivity contribution is 0.204.